The van der Waals surface area contributed by atoms with E-state index in [0.29, 0.717) is 6.07 Å². The van der Waals surface area contributed by atoms with Gasteiger partial charge in [0.25, 0.3) is 0 Å². The first kappa shape index (κ1) is 12.0. The number of carbonyl (C=O) groups is 1. The highest BCUT2D eigenvalue weighted by Crippen LogP contribution is 2.18. The maximum absolute atomic E-state index is 12.9. The van der Waals surface area contributed by atoms with Crippen LogP contribution in [0.1, 0.15) is 16.1 Å². The summed E-state index contributed by atoms with van der Waals surface area (Å²) in [5.41, 5.74) is -0.160. The van der Waals surface area contributed by atoms with Gasteiger partial charge in [-0.1, -0.05) is 5.16 Å². The van der Waals surface area contributed by atoms with Crippen molar-refractivity contribution in [3.8, 4) is 5.75 Å². The summed E-state index contributed by atoms with van der Waals surface area (Å²) in [5.74, 6) is -2.91. The average Bonchev–Trinajstić information content (AvgIpc) is 2.73. The number of carboxylic acids is 1. The van der Waals surface area contributed by atoms with Gasteiger partial charge in [-0.2, -0.15) is 0 Å². The van der Waals surface area contributed by atoms with Crippen LogP contribution in [0, 0.1) is 11.6 Å². The maximum Gasteiger partial charge on any atom is 0.341 e. The first-order chi connectivity index (χ1) is 8.56. The molecular formula is C11H7F2NO4. The van der Waals surface area contributed by atoms with Gasteiger partial charge in [0, 0.05) is 18.2 Å². The number of benzene rings is 1. The third-order valence-corrected chi connectivity index (χ3v) is 2.08. The highest BCUT2D eigenvalue weighted by Gasteiger charge is 2.15. The predicted octanol–water partition coefficient (Wildman–Crippen LogP) is 2.23. The van der Waals surface area contributed by atoms with Crippen molar-refractivity contribution in [1.29, 1.82) is 0 Å². The molecule has 1 aromatic heterocycles. The Balaban J connectivity index is 2.11. The van der Waals surface area contributed by atoms with Crippen molar-refractivity contribution in [1.82, 2.24) is 5.16 Å². The molecule has 1 N–H and O–H groups in total. The van der Waals surface area contributed by atoms with E-state index in [0.717, 1.165) is 18.3 Å². The fourth-order valence-electron chi connectivity index (χ4n) is 1.30. The summed E-state index contributed by atoms with van der Waals surface area (Å²) in [6.07, 6.45) is 1.02. The molecule has 1 aromatic carbocycles. The SMILES string of the molecule is O=C(O)c1cnoc1COc1cc(F)cc(F)c1. The van der Waals surface area contributed by atoms with E-state index in [-0.39, 0.29) is 23.7 Å². The van der Waals surface area contributed by atoms with Crippen LogP contribution in [0.3, 0.4) is 0 Å². The van der Waals surface area contributed by atoms with E-state index >= 15 is 0 Å². The van der Waals surface area contributed by atoms with Gasteiger partial charge in [-0.3, -0.25) is 0 Å². The minimum Gasteiger partial charge on any atom is -0.485 e. The van der Waals surface area contributed by atoms with Crippen LogP contribution in [0.5, 0.6) is 5.75 Å². The van der Waals surface area contributed by atoms with Gasteiger partial charge in [0.05, 0.1) is 6.20 Å². The van der Waals surface area contributed by atoms with Crippen molar-refractivity contribution in [3.05, 3.63) is 47.4 Å². The summed E-state index contributed by atoms with van der Waals surface area (Å²) < 4.78 is 35.4. The molecule has 2 rings (SSSR count). The van der Waals surface area contributed by atoms with Gasteiger partial charge < -0.3 is 14.4 Å². The number of hydrogen-bond donors (Lipinski definition) is 1. The Kier molecular flexibility index (Phi) is 3.22. The smallest absolute Gasteiger partial charge is 0.341 e. The number of hydrogen-bond acceptors (Lipinski definition) is 4. The van der Waals surface area contributed by atoms with Crippen LogP contribution in [0.4, 0.5) is 8.78 Å². The van der Waals surface area contributed by atoms with E-state index in [1.54, 1.807) is 0 Å². The molecule has 7 heteroatoms. The Morgan fingerprint density at radius 3 is 2.61 bits per heavy atom. The Labute approximate surface area is 99.6 Å². The molecule has 0 radical (unpaired) electrons. The fourth-order valence-corrected chi connectivity index (χ4v) is 1.30. The lowest BCUT2D eigenvalue weighted by atomic mass is 10.3. The highest BCUT2D eigenvalue weighted by atomic mass is 19.1. The van der Waals surface area contributed by atoms with Crippen LogP contribution in [-0.2, 0) is 6.61 Å². The number of rotatable bonds is 4. The maximum atomic E-state index is 12.9. The third kappa shape index (κ3) is 2.62. The second kappa shape index (κ2) is 4.82. The Morgan fingerprint density at radius 1 is 1.33 bits per heavy atom. The fraction of sp³-hybridized carbons (Fsp3) is 0.0909. The lowest BCUT2D eigenvalue weighted by molar-refractivity contribution is 0.0691. The highest BCUT2D eigenvalue weighted by molar-refractivity contribution is 5.88. The Morgan fingerprint density at radius 2 is 2.00 bits per heavy atom. The second-order valence-corrected chi connectivity index (χ2v) is 3.36. The first-order valence-corrected chi connectivity index (χ1v) is 4.82. The number of aromatic nitrogens is 1. The third-order valence-electron chi connectivity index (χ3n) is 2.08. The molecule has 0 spiro atoms. The van der Waals surface area contributed by atoms with E-state index < -0.39 is 17.6 Å². The number of nitrogens with zero attached hydrogens (tertiary/aromatic N) is 1. The van der Waals surface area contributed by atoms with Crippen molar-refractivity contribution in [3.63, 3.8) is 0 Å². The molecule has 94 valence electrons. The quantitative estimate of drug-likeness (QED) is 0.906. The summed E-state index contributed by atoms with van der Waals surface area (Å²) in [4.78, 5) is 10.7. The zero-order valence-corrected chi connectivity index (χ0v) is 8.89. The molecule has 0 saturated carbocycles. The van der Waals surface area contributed by atoms with Crippen LogP contribution in [-0.4, -0.2) is 16.2 Å². The van der Waals surface area contributed by atoms with E-state index in [9.17, 15) is 13.6 Å². The molecular weight excluding hydrogens is 248 g/mol. The molecule has 0 fully saturated rings. The van der Waals surface area contributed by atoms with Crippen LogP contribution < -0.4 is 4.74 Å². The van der Waals surface area contributed by atoms with E-state index in [1.165, 1.54) is 0 Å². The minimum atomic E-state index is -1.22. The lowest BCUT2D eigenvalue weighted by Crippen LogP contribution is -2.02. The largest absolute Gasteiger partial charge is 0.485 e. The molecule has 0 bridgehead atoms. The van der Waals surface area contributed by atoms with Gasteiger partial charge in [0.15, 0.2) is 5.76 Å². The lowest BCUT2D eigenvalue weighted by Gasteiger charge is -2.04. The molecule has 0 unspecified atom stereocenters. The van der Waals surface area contributed by atoms with Crippen molar-refractivity contribution >= 4 is 5.97 Å². The van der Waals surface area contributed by atoms with E-state index in [2.05, 4.69) is 9.68 Å². The number of aromatic carboxylic acids is 1. The van der Waals surface area contributed by atoms with Gasteiger partial charge in [0.2, 0.25) is 0 Å². The Bertz CT molecular complexity index is 562. The summed E-state index contributed by atoms with van der Waals surface area (Å²) in [6.45, 7) is -0.287. The molecule has 1 heterocycles. The minimum absolute atomic E-state index is 0.0350. The monoisotopic (exact) mass is 255 g/mol. The van der Waals surface area contributed by atoms with Gasteiger partial charge in [-0.05, 0) is 0 Å². The van der Waals surface area contributed by atoms with Crippen molar-refractivity contribution < 1.29 is 27.9 Å². The normalized spacial score (nSPS) is 10.3. The molecule has 0 aliphatic carbocycles. The van der Waals surface area contributed by atoms with E-state index in [1.807, 2.05) is 0 Å². The van der Waals surface area contributed by atoms with E-state index in [4.69, 9.17) is 9.84 Å². The number of ether oxygens (including phenoxy) is 1. The van der Waals surface area contributed by atoms with Crippen molar-refractivity contribution in [2.24, 2.45) is 0 Å². The van der Waals surface area contributed by atoms with Gasteiger partial charge in [-0.25, -0.2) is 13.6 Å². The standard InChI is InChI=1S/C11H7F2NO4/c12-6-1-7(13)3-8(2-6)17-5-10-9(11(15)16)4-14-18-10/h1-4H,5H2,(H,15,16). The summed E-state index contributed by atoms with van der Waals surface area (Å²) in [5, 5.41) is 12.1. The van der Waals surface area contributed by atoms with Crippen molar-refractivity contribution in [2.75, 3.05) is 0 Å². The first-order valence-electron chi connectivity index (χ1n) is 4.82. The molecule has 0 atom stereocenters. The summed E-state index contributed by atoms with van der Waals surface area (Å²) in [6, 6.07) is 2.64. The molecule has 0 amide bonds. The van der Waals surface area contributed by atoms with Gasteiger partial charge >= 0.3 is 5.97 Å². The average molecular weight is 255 g/mol. The molecule has 2 aromatic rings. The van der Waals surface area contributed by atoms with Crippen LogP contribution in [0.2, 0.25) is 0 Å². The van der Waals surface area contributed by atoms with Crippen LogP contribution in [0.15, 0.2) is 28.9 Å². The molecule has 5 nitrogen and oxygen atoms in total. The molecule has 0 aliphatic rings. The summed E-state index contributed by atoms with van der Waals surface area (Å²) >= 11 is 0. The van der Waals surface area contributed by atoms with Crippen molar-refractivity contribution in [2.45, 2.75) is 6.61 Å². The topological polar surface area (TPSA) is 72.6 Å². The predicted molar refractivity (Wildman–Crippen MR) is 54.2 cm³/mol. The molecule has 0 saturated heterocycles. The number of carboxylic acid groups (broad SMARTS) is 1. The Hall–Kier alpha value is -2.44. The van der Waals surface area contributed by atoms with Crippen LogP contribution >= 0.6 is 0 Å². The zero-order chi connectivity index (χ0) is 13.1. The second-order valence-electron chi connectivity index (χ2n) is 3.36. The number of halogens is 2. The van der Waals surface area contributed by atoms with Gasteiger partial charge in [0.1, 0.15) is 29.6 Å². The van der Waals surface area contributed by atoms with Gasteiger partial charge in [-0.15, -0.1) is 0 Å². The zero-order valence-electron chi connectivity index (χ0n) is 8.89. The van der Waals surface area contributed by atoms with Crippen LogP contribution in [0.25, 0.3) is 0 Å². The summed E-state index contributed by atoms with van der Waals surface area (Å²) in [7, 11) is 0. The molecule has 18 heavy (non-hydrogen) atoms. The molecule has 0 aliphatic heterocycles.